The molecule has 0 aliphatic carbocycles. The summed E-state index contributed by atoms with van der Waals surface area (Å²) in [5, 5.41) is 2.19. The third kappa shape index (κ3) is 1.93. The van der Waals surface area contributed by atoms with Crippen LogP contribution in [-0.2, 0) is 10.3 Å². The van der Waals surface area contributed by atoms with Crippen LogP contribution in [0.2, 0.25) is 0 Å². The number of hydrogen-bond donors (Lipinski definition) is 1. The van der Waals surface area contributed by atoms with E-state index in [4.69, 9.17) is 4.42 Å². The quantitative estimate of drug-likeness (QED) is 0.925. The number of hydrogen-bond acceptors (Lipinski definition) is 3. The van der Waals surface area contributed by atoms with E-state index in [1.165, 1.54) is 6.07 Å². The third-order valence-electron chi connectivity index (χ3n) is 3.18. The molecule has 1 aromatic carbocycles. The predicted octanol–water partition coefficient (Wildman–Crippen LogP) is 2.61. The maximum absolute atomic E-state index is 13.5. The molecule has 1 atom stereocenters. The maximum Gasteiger partial charge on any atom is 0.430 e. The van der Waals surface area contributed by atoms with Crippen LogP contribution in [0.5, 0.6) is 0 Å². The largest absolute Gasteiger partial charge is 0.466 e. The summed E-state index contributed by atoms with van der Waals surface area (Å²) in [7, 11) is 0. The average molecular weight is 294 g/mol. The summed E-state index contributed by atoms with van der Waals surface area (Å²) in [6.45, 7) is 0. The second-order valence-corrected chi connectivity index (χ2v) is 4.47. The van der Waals surface area contributed by atoms with Gasteiger partial charge in [-0.2, -0.15) is 13.2 Å². The summed E-state index contributed by atoms with van der Waals surface area (Å²) in [6, 6.07) is 10.5. The minimum Gasteiger partial charge on any atom is -0.466 e. The van der Waals surface area contributed by atoms with Gasteiger partial charge in [-0.15, -0.1) is 0 Å². The number of alkyl halides is 3. The maximum atomic E-state index is 13.5. The Bertz CT molecular complexity index is 693. The van der Waals surface area contributed by atoms with Crippen molar-refractivity contribution in [3.63, 3.8) is 0 Å². The zero-order valence-electron chi connectivity index (χ0n) is 10.5. The van der Waals surface area contributed by atoms with Gasteiger partial charge in [0.25, 0.3) is 11.4 Å². The minimum absolute atomic E-state index is 0.130. The predicted molar refractivity (Wildman–Crippen MR) is 67.6 cm³/mol. The zero-order chi connectivity index (χ0) is 15.1. The Balaban J connectivity index is 2.18. The summed E-state index contributed by atoms with van der Waals surface area (Å²) >= 11 is 0. The van der Waals surface area contributed by atoms with Gasteiger partial charge >= 0.3 is 6.18 Å². The number of carbonyl (C=O) groups excluding carboxylic acids is 1. The van der Waals surface area contributed by atoms with E-state index in [-0.39, 0.29) is 5.84 Å². The Kier molecular flexibility index (Phi) is 2.86. The van der Waals surface area contributed by atoms with E-state index in [0.717, 1.165) is 12.3 Å². The Morgan fingerprint density at radius 2 is 1.81 bits per heavy atom. The summed E-state index contributed by atoms with van der Waals surface area (Å²) < 4.78 is 45.3. The normalized spacial score (nSPS) is 22.0. The molecule has 1 aliphatic heterocycles. The molecule has 7 heteroatoms. The number of amidine groups is 1. The lowest BCUT2D eigenvalue weighted by Gasteiger charge is -2.23. The summed E-state index contributed by atoms with van der Waals surface area (Å²) in [6.07, 6.45) is -3.84. The van der Waals surface area contributed by atoms with Gasteiger partial charge < -0.3 is 9.73 Å². The van der Waals surface area contributed by atoms with Crippen LogP contribution in [0.25, 0.3) is 0 Å². The summed E-state index contributed by atoms with van der Waals surface area (Å²) in [4.78, 5) is 15.6. The van der Waals surface area contributed by atoms with Crippen LogP contribution in [0.4, 0.5) is 13.2 Å². The van der Waals surface area contributed by atoms with Crippen LogP contribution in [0, 0.1) is 0 Å². The highest BCUT2D eigenvalue weighted by Crippen LogP contribution is 2.45. The number of furan rings is 1. The van der Waals surface area contributed by atoms with Crippen molar-refractivity contribution in [2.45, 2.75) is 11.7 Å². The number of rotatable bonds is 2. The van der Waals surface area contributed by atoms with Crippen LogP contribution in [0.3, 0.4) is 0 Å². The molecule has 21 heavy (non-hydrogen) atoms. The molecule has 0 bridgehead atoms. The van der Waals surface area contributed by atoms with Gasteiger partial charge in [0.2, 0.25) is 0 Å². The van der Waals surface area contributed by atoms with E-state index in [0.29, 0.717) is 5.56 Å². The van der Waals surface area contributed by atoms with Crippen molar-refractivity contribution >= 4 is 11.7 Å². The average Bonchev–Trinajstić information content (AvgIpc) is 3.06. The van der Waals surface area contributed by atoms with Crippen LogP contribution >= 0.6 is 0 Å². The highest BCUT2D eigenvalue weighted by Gasteiger charge is 2.66. The number of aliphatic imine (C=N–C) groups is 1. The lowest BCUT2D eigenvalue weighted by atomic mass is 9.96. The molecule has 4 nitrogen and oxygen atoms in total. The highest BCUT2D eigenvalue weighted by molar-refractivity contribution is 6.15. The standard InChI is InChI=1S/C14H9F3N2O2/c15-14(16,17)13(10-7-4-8-21-10)12(20)18-11(19-13)9-5-2-1-3-6-9/h1-8H,(H,18,19,20). The van der Waals surface area contributed by atoms with E-state index < -0.39 is 23.4 Å². The van der Waals surface area contributed by atoms with E-state index in [9.17, 15) is 18.0 Å². The number of halogens is 3. The molecule has 1 unspecified atom stereocenters. The van der Waals surface area contributed by atoms with Crippen molar-refractivity contribution in [1.29, 1.82) is 0 Å². The third-order valence-corrected chi connectivity index (χ3v) is 3.18. The number of nitrogens with one attached hydrogen (secondary N) is 1. The van der Waals surface area contributed by atoms with Crippen LogP contribution in [-0.4, -0.2) is 17.9 Å². The first kappa shape index (κ1) is 13.4. The Labute approximate surface area is 117 Å². The van der Waals surface area contributed by atoms with Gasteiger partial charge in [-0.1, -0.05) is 30.3 Å². The Morgan fingerprint density at radius 3 is 2.38 bits per heavy atom. The highest BCUT2D eigenvalue weighted by atomic mass is 19.4. The van der Waals surface area contributed by atoms with Gasteiger partial charge in [-0.25, -0.2) is 4.99 Å². The lowest BCUT2D eigenvalue weighted by molar-refractivity contribution is -0.194. The molecule has 0 radical (unpaired) electrons. The Morgan fingerprint density at radius 1 is 1.10 bits per heavy atom. The van der Waals surface area contributed by atoms with Crippen LogP contribution < -0.4 is 5.32 Å². The molecule has 1 N–H and O–H groups in total. The molecule has 0 fully saturated rings. The number of benzene rings is 1. The summed E-state index contributed by atoms with van der Waals surface area (Å²) in [5.74, 6) is -1.96. The summed E-state index contributed by atoms with van der Waals surface area (Å²) in [5.41, 5.74) is -2.65. The fraction of sp³-hybridized carbons (Fsp3) is 0.143. The fourth-order valence-electron chi connectivity index (χ4n) is 2.16. The molecule has 1 aliphatic rings. The molecular formula is C14H9F3N2O2. The molecule has 3 rings (SSSR count). The molecule has 2 heterocycles. The monoisotopic (exact) mass is 294 g/mol. The lowest BCUT2D eigenvalue weighted by Crippen LogP contribution is -2.48. The van der Waals surface area contributed by atoms with Gasteiger partial charge in [0.05, 0.1) is 6.26 Å². The molecule has 0 saturated heterocycles. The van der Waals surface area contributed by atoms with Crippen molar-refractivity contribution in [2.75, 3.05) is 0 Å². The van der Waals surface area contributed by atoms with Gasteiger partial charge in [-0.3, -0.25) is 4.79 Å². The molecule has 0 spiro atoms. The zero-order valence-corrected chi connectivity index (χ0v) is 10.5. The number of nitrogens with zero attached hydrogens (tertiary/aromatic N) is 1. The molecule has 2 aromatic rings. The van der Waals surface area contributed by atoms with E-state index in [1.807, 2.05) is 0 Å². The van der Waals surface area contributed by atoms with Crippen LogP contribution in [0.15, 0.2) is 58.1 Å². The van der Waals surface area contributed by atoms with Crippen molar-refractivity contribution in [1.82, 2.24) is 5.32 Å². The second-order valence-electron chi connectivity index (χ2n) is 4.47. The van der Waals surface area contributed by atoms with Gasteiger partial charge in [0.15, 0.2) is 5.76 Å². The second kappa shape index (κ2) is 4.47. The van der Waals surface area contributed by atoms with E-state index in [2.05, 4.69) is 10.3 Å². The number of amides is 1. The van der Waals surface area contributed by atoms with Gasteiger partial charge in [0, 0.05) is 5.56 Å². The topological polar surface area (TPSA) is 54.6 Å². The van der Waals surface area contributed by atoms with Crippen molar-refractivity contribution in [2.24, 2.45) is 4.99 Å². The first-order chi connectivity index (χ1) is 9.95. The van der Waals surface area contributed by atoms with Crippen molar-refractivity contribution in [3.8, 4) is 0 Å². The molecule has 1 amide bonds. The molecule has 108 valence electrons. The minimum atomic E-state index is -4.91. The molecule has 0 saturated carbocycles. The molecule has 1 aromatic heterocycles. The smallest absolute Gasteiger partial charge is 0.430 e. The van der Waals surface area contributed by atoms with E-state index in [1.54, 1.807) is 30.3 Å². The number of carbonyl (C=O) groups is 1. The van der Waals surface area contributed by atoms with Gasteiger partial charge in [0.1, 0.15) is 5.84 Å². The van der Waals surface area contributed by atoms with Crippen molar-refractivity contribution in [3.05, 3.63) is 60.1 Å². The fourth-order valence-corrected chi connectivity index (χ4v) is 2.16. The van der Waals surface area contributed by atoms with E-state index >= 15 is 0 Å². The molecular weight excluding hydrogens is 285 g/mol. The first-order valence-corrected chi connectivity index (χ1v) is 6.02. The Hall–Kier alpha value is -2.57. The van der Waals surface area contributed by atoms with Gasteiger partial charge in [-0.05, 0) is 12.1 Å². The SMILES string of the molecule is O=C1NC(c2ccccc2)=NC1(c1ccco1)C(F)(F)F. The van der Waals surface area contributed by atoms with Crippen LogP contribution in [0.1, 0.15) is 11.3 Å². The first-order valence-electron chi connectivity index (χ1n) is 6.02. The van der Waals surface area contributed by atoms with Crippen molar-refractivity contribution < 1.29 is 22.4 Å².